The molecule has 1 aliphatic rings. The molecule has 2 rings (SSSR count). The molecule has 6 nitrogen and oxygen atoms in total. The molecule has 1 heterocycles. The fourth-order valence-corrected chi connectivity index (χ4v) is 2.82. The number of Topliss-reactive ketones (excluding diaryl/α,β-unsaturated/α-hetero) is 1. The van der Waals surface area contributed by atoms with Crippen molar-refractivity contribution in [3.63, 3.8) is 0 Å². The fourth-order valence-electron chi connectivity index (χ4n) is 2.82. The Morgan fingerprint density at radius 3 is 2.60 bits per heavy atom. The number of carboxylic acids is 1. The Labute approximate surface area is 148 Å². The van der Waals surface area contributed by atoms with E-state index in [-0.39, 0.29) is 18.3 Å². The molecule has 1 saturated heterocycles. The van der Waals surface area contributed by atoms with E-state index in [0.717, 1.165) is 30.6 Å². The molecule has 1 aliphatic heterocycles. The highest BCUT2D eigenvalue weighted by molar-refractivity contribution is 5.94. The highest BCUT2D eigenvalue weighted by atomic mass is 16.7. The van der Waals surface area contributed by atoms with Gasteiger partial charge >= 0.3 is 5.97 Å². The second kappa shape index (κ2) is 8.97. The van der Waals surface area contributed by atoms with Gasteiger partial charge in [0.2, 0.25) is 0 Å². The third kappa shape index (κ3) is 7.23. The van der Waals surface area contributed by atoms with Gasteiger partial charge in [-0.15, -0.1) is 0 Å². The van der Waals surface area contributed by atoms with Crippen molar-refractivity contribution < 1.29 is 24.2 Å². The summed E-state index contributed by atoms with van der Waals surface area (Å²) in [4.78, 5) is 21.8. The van der Waals surface area contributed by atoms with Crippen LogP contribution in [0, 0.1) is 0 Å². The van der Waals surface area contributed by atoms with Gasteiger partial charge in [0, 0.05) is 18.7 Å². The maximum atomic E-state index is 11.4. The first kappa shape index (κ1) is 19.4. The number of nitrogens with one attached hydrogen (secondary N) is 1. The molecule has 1 unspecified atom stereocenters. The van der Waals surface area contributed by atoms with Gasteiger partial charge < -0.3 is 19.9 Å². The predicted molar refractivity (Wildman–Crippen MR) is 94.7 cm³/mol. The molecule has 0 saturated carbocycles. The van der Waals surface area contributed by atoms with E-state index >= 15 is 0 Å². The first-order valence-corrected chi connectivity index (χ1v) is 8.72. The summed E-state index contributed by atoms with van der Waals surface area (Å²) in [6, 6.07) is 8.10. The van der Waals surface area contributed by atoms with Gasteiger partial charge in [-0.2, -0.15) is 0 Å². The second-order valence-corrected chi connectivity index (χ2v) is 6.83. The van der Waals surface area contributed by atoms with E-state index in [2.05, 4.69) is 5.32 Å². The monoisotopic (exact) mass is 349 g/mol. The molecule has 1 aromatic rings. The molecule has 2 N–H and O–H groups in total. The molecular weight excluding hydrogens is 322 g/mol. The van der Waals surface area contributed by atoms with Crippen LogP contribution in [0.15, 0.2) is 24.3 Å². The summed E-state index contributed by atoms with van der Waals surface area (Å²) in [5.74, 6) is -1.75. The van der Waals surface area contributed by atoms with Crippen molar-refractivity contribution in [2.75, 3.05) is 18.5 Å². The molecule has 1 atom stereocenters. The zero-order valence-corrected chi connectivity index (χ0v) is 14.9. The zero-order valence-electron chi connectivity index (χ0n) is 14.9. The van der Waals surface area contributed by atoms with Crippen LogP contribution in [-0.2, 0) is 25.5 Å². The van der Waals surface area contributed by atoms with Crippen LogP contribution in [0.4, 0.5) is 5.69 Å². The van der Waals surface area contributed by atoms with Crippen LogP contribution in [0.3, 0.4) is 0 Å². The Bertz CT molecular complexity index is 582. The average molecular weight is 349 g/mol. The number of carbonyl (C=O) groups excluding carboxylic acids is 1. The van der Waals surface area contributed by atoms with Crippen molar-refractivity contribution in [3.05, 3.63) is 29.8 Å². The molecule has 6 heteroatoms. The van der Waals surface area contributed by atoms with Crippen LogP contribution in [0.5, 0.6) is 0 Å². The first-order chi connectivity index (χ1) is 11.8. The number of rotatable bonds is 10. The molecule has 0 spiro atoms. The first-order valence-electron chi connectivity index (χ1n) is 8.72. The van der Waals surface area contributed by atoms with E-state index in [1.165, 1.54) is 0 Å². The maximum absolute atomic E-state index is 11.4. The molecule has 25 heavy (non-hydrogen) atoms. The maximum Gasteiger partial charge on any atom is 0.310 e. The number of benzene rings is 1. The minimum atomic E-state index is -1.06. The van der Waals surface area contributed by atoms with E-state index in [4.69, 9.17) is 14.6 Å². The standard InChI is InChI=1S/C19H27NO5/c1-19(2)24-13-17(25-19)10-11-20-15-8-6-14(7-9-15)4-3-5-16(21)12-18(22)23/h6-9,17,20H,3-5,10-13H2,1-2H3,(H,22,23). The van der Waals surface area contributed by atoms with Crippen molar-refractivity contribution in [2.24, 2.45) is 0 Å². The van der Waals surface area contributed by atoms with Gasteiger partial charge in [-0.1, -0.05) is 12.1 Å². The van der Waals surface area contributed by atoms with Crippen LogP contribution in [0.25, 0.3) is 0 Å². The van der Waals surface area contributed by atoms with Gasteiger partial charge in [-0.3, -0.25) is 9.59 Å². The van der Waals surface area contributed by atoms with Gasteiger partial charge in [-0.25, -0.2) is 0 Å². The van der Waals surface area contributed by atoms with Crippen LogP contribution in [0.2, 0.25) is 0 Å². The molecule has 0 aromatic heterocycles. The summed E-state index contributed by atoms with van der Waals surface area (Å²) in [7, 11) is 0. The number of hydrogen-bond acceptors (Lipinski definition) is 5. The van der Waals surface area contributed by atoms with Gasteiger partial charge in [0.25, 0.3) is 0 Å². The largest absolute Gasteiger partial charge is 0.481 e. The van der Waals surface area contributed by atoms with Crippen molar-refractivity contribution in [3.8, 4) is 0 Å². The van der Waals surface area contributed by atoms with Crippen LogP contribution in [-0.4, -0.2) is 41.9 Å². The number of ether oxygens (including phenoxy) is 2. The number of carboxylic acid groups (broad SMARTS) is 1. The SMILES string of the molecule is CC1(C)OCC(CCNc2ccc(CCCC(=O)CC(=O)O)cc2)O1. The normalized spacial score (nSPS) is 18.9. The van der Waals surface area contributed by atoms with Gasteiger partial charge in [0.1, 0.15) is 12.2 Å². The van der Waals surface area contributed by atoms with Crippen LogP contribution >= 0.6 is 0 Å². The minimum absolute atomic E-state index is 0.130. The summed E-state index contributed by atoms with van der Waals surface area (Å²) in [5, 5.41) is 11.9. The number of aliphatic carboxylic acids is 1. The number of carbonyl (C=O) groups is 2. The molecule has 0 aliphatic carbocycles. The van der Waals surface area contributed by atoms with E-state index in [9.17, 15) is 9.59 Å². The third-order valence-electron chi connectivity index (χ3n) is 4.09. The van der Waals surface area contributed by atoms with E-state index in [1.54, 1.807) is 0 Å². The Balaban J connectivity index is 1.64. The smallest absolute Gasteiger partial charge is 0.310 e. The molecule has 1 aromatic carbocycles. The summed E-state index contributed by atoms with van der Waals surface area (Å²) in [6.45, 7) is 5.30. The Kier molecular flexibility index (Phi) is 6.96. The van der Waals surface area contributed by atoms with Crippen molar-refractivity contribution in [1.29, 1.82) is 0 Å². The van der Waals surface area contributed by atoms with Crippen molar-refractivity contribution in [1.82, 2.24) is 0 Å². The average Bonchev–Trinajstić information content (AvgIpc) is 2.87. The van der Waals surface area contributed by atoms with Gasteiger partial charge in [0.15, 0.2) is 5.79 Å². The number of aryl methyl sites for hydroxylation is 1. The highest BCUT2D eigenvalue weighted by Gasteiger charge is 2.31. The lowest BCUT2D eigenvalue weighted by molar-refractivity contribution is -0.140. The van der Waals surface area contributed by atoms with Crippen molar-refractivity contribution in [2.45, 2.75) is 57.8 Å². The molecule has 0 bridgehead atoms. The summed E-state index contributed by atoms with van der Waals surface area (Å²) in [5.41, 5.74) is 2.19. The van der Waals surface area contributed by atoms with Gasteiger partial charge in [0.05, 0.1) is 12.7 Å². The third-order valence-corrected chi connectivity index (χ3v) is 4.09. The minimum Gasteiger partial charge on any atom is -0.481 e. The van der Waals surface area contributed by atoms with Crippen molar-refractivity contribution >= 4 is 17.4 Å². The van der Waals surface area contributed by atoms with Crippen LogP contribution in [0.1, 0.15) is 45.1 Å². The molecular formula is C19H27NO5. The van der Waals surface area contributed by atoms with Crippen LogP contribution < -0.4 is 5.32 Å². The van der Waals surface area contributed by atoms with E-state index < -0.39 is 11.8 Å². The Hall–Kier alpha value is -1.92. The predicted octanol–water partition coefficient (Wildman–Crippen LogP) is 3.01. The number of ketones is 1. The molecule has 0 radical (unpaired) electrons. The fraction of sp³-hybridized carbons (Fsp3) is 0.579. The van der Waals surface area contributed by atoms with E-state index in [1.807, 2.05) is 38.1 Å². The quantitative estimate of drug-likeness (QED) is 0.632. The summed E-state index contributed by atoms with van der Waals surface area (Å²) < 4.78 is 11.3. The van der Waals surface area contributed by atoms with E-state index in [0.29, 0.717) is 19.4 Å². The Morgan fingerprint density at radius 1 is 1.28 bits per heavy atom. The molecule has 1 fully saturated rings. The molecule has 0 amide bonds. The summed E-state index contributed by atoms with van der Waals surface area (Å²) in [6.07, 6.45) is 2.39. The second-order valence-electron chi connectivity index (χ2n) is 6.83. The Morgan fingerprint density at radius 2 is 2.00 bits per heavy atom. The highest BCUT2D eigenvalue weighted by Crippen LogP contribution is 2.24. The zero-order chi connectivity index (χ0) is 18.3. The lowest BCUT2D eigenvalue weighted by Crippen LogP contribution is -2.22. The summed E-state index contributed by atoms with van der Waals surface area (Å²) >= 11 is 0. The lowest BCUT2D eigenvalue weighted by atomic mass is 10.1. The van der Waals surface area contributed by atoms with Gasteiger partial charge in [-0.05, 0) is 50.8 Å². The lowest BCUT2D eigenvalue weighted by Gasteiger charge is -2.17. The number of anilines is 1. The molecule has 138 valence electrons. The topological polar surface area (TPSA) is 84.9 Å². The number of hydrogen-bond donors (Lipinski definition) is 2.